The van der Waals surface area contributed by atoms with Crippen LogP contribution in [0.15, 0.2) is 72.6 Å². The minimum Gasteiger partial charge on any atom is -0.465 e. The highest BCUT2D eigenvalue weighted by molar-refractivity contribution is 5.69. The Labute approximate surface area is 171 Å². The van der Waals surface area contributed by atoms with Crippen LogP contribution in [-0.4, -0.2) is 36.7 Å². The van der Waals surface area contributed by atoms with Crippen molar-refractivity contribution >= 4 is 11.8 Å². The molecule has 7 heteroatoms. The van der Waals surface area contributed by atoms with E-state index in [-0.39, 0.29) is 6.61 Å². The van der Waals surface area contributed by atoms with Crippen LogP contribution >= 0.6 is 0 Å². The largest absolute Gasteiger partial charge is 0.465 e. The molecule has 0 saturated heterocycles. The number of benzene rings is 2. The maximum absolute atomic E-state index is 12.3. The summed E-state index contributed by atoms with van der Waals surface area (Å²) in [6.07, 6.45) is 2.93. The monoisotopic (exact) mass is 396 g/mol. The smallest absolute Gasteiger partial charge is 0.410 e. The topological polar surface area (TPSA) is 94.0 Å². The molecular weight excluding hydrogens is 368 g/mol. The summed E-state index contributed by atoms with van der Waals surface area (Å²) in [6, 6.07) is 16.9. The zero-order valence-electron chi connectivity index (χ0n) is 17.0. The van der Waals surface area contributed by atoms with E-state index >= 15 is 0 Å². The van der Waals surface area contributed by atoms with E-state index in [1.165, 1.54) is 9.91 Å². The Morgan fingerprint density at radius 3 is 2.31 bits per heavy atom. The summed E-state index contributed by atoms with van der Waals surface area (Å²) < 4.78 is 10.8. The first-order valence-electron chi connectivity index (χ1n) is 9.19. The van der Waals surface area contributed by atoms with Gasteiger partial charge >= 0.3 is 6.09 Å². The van der Waals surface area contributed by atoms with Crippen molar-refractivity contribution in [1.29, 1.82) is 0 Å². The maximum atomic E-state index is 12.3. The van der Waals surface area contributed by atoms with Gasteiger partial charge in [0.15, 0.2) is 0 Å². The van der Waals surface area contributed by atoms with Crippen LogP contribution in [0.4, 0.5) is 4.79 Å². The summed E-state index contributed by atoms with van der Waals surface area (Å²) in [6.45, 7) is 2.27. The molecule has 154 valence electrons. The number of carbonyl (C=O) groups excluding carboxylic acids is 1. The molecule has 0 aliphatic heterocycles. The van der Waals surface area contributed by atoms with Gasteiger partial charge in [-0.3, -0.25) is 0 Å². The van der Waals surface area contributed by atoms with Gasteiger partial charge in [-0.15, -0.1) is 0 Å². The first-order chi connectivity index (χ1) is 13.9. The number of ether oxygens (including phenoxy) is 2. The molecule has 7 nitrogen and oxygen atoms in total. The van der Waals surface area contributed by atoms with Crippen molar-refractivity contribution in [3.05, 3.63) is 83.8 Å². The normalized spacial score (nSPS) is 11.7. The number of hydrogen-bond donors (Lipinski definition) is 2. The quantitative estimate of drug-likeness (QED) is 0.404. The van der Waals surface area contributed by atoms with Crippen molar-refractivity contribution in [2.75, 3.05) is 20.7 Å². The number of rotatable bonds is 8. The second-order valence-corrected chi connectivity index (χ2v) is 6.48. The summed E-state index contributed by atoms with van der Waals surface area (Å²) >= 11 is 0. The van der Waals surface area contributed by atoms with Gasteiger partial charge in [0.1, 0.15) is 12.4 Å². The molecule has 2 aromatic rings. The van der Waals surface area contributed by atoms with E-state index in [0.717, 1.165) is 11.1 Å². The summed E-state index contributed by atoms with van der Waals surface area (Å²) in [5.74, 6) is 6.60. The third kappa shape index (κ3) is 6.58. The zero-order chi connectivity index (χ0) is 21.2. The molecule has 0 unspecified atom stereocenters. The molecule has 1 amide bonds. The second-order valence-electron chi connectivity index (χ2n) is 6.48. The Balaban J connectivity index is 2.05. The number of nitrogens with zero attached hydrogens (tertiary/aromatic N) is 2. The van der Waals surface area contributed by atoms with Gasteiger partial charge in [0, 0.05) is 20.6 Å². The Bertz CT molecular complexity index is 846. The average Bonchev–Trinajstić information content (AvgIpc) is 2.72. The molecular formula is C22H28N4O3. The van der Waals surface area contributed by atoms with E-state index in [9.17, 15) is 4.79 Å². The molecule has 0 aliphatic carbocycles. The van der Waals surface area contributed by atoms with E-state index in [0.29, 0.717) is 23.7 Å². The molecule has 0 radical (unpaired) electrons. The predicted molar refractivity (Wildman–Crippen MR) is 114 cm³/mol. The lowest BCUT2D eigenvalue weighted by molar-refractivity contribution is 0.111. The fourth-order valence-corrected chi connectivity index (χ4v) is 2.56. The molecule has 0 atom stereocenters. The van der Waals surface area contributed by atoms with Crippen LogP contribution in [0.2, 0.25) is 0 Å². The molecule has 2 aromatic carbocycles. The Hall–Kier alpha value is -3.45. The van der Waals surface area contributed by atoms with Crippen LogP contribution in [0, 0.1) is 0 Å². The first-order valence-corrected chi connectivity index (χ1v) is 9.19. The SMILES string of the molecule is C/C=C/Oc1ccc(/C(N)=C(\COC(=O)N(C)Cc2ccccc2)N(C)N)cc1. The van der Waals surface area contributed by atoms with Gasteiger partial charge in [0.2, 0.25) is 0 Å². The summed E-state index contributed by atoms with van der Waals surface area (Å²) in [5.41, 5.74) is 8.95. The van der Waals surface area contributed by atoms with Crippen LogP contribution < -0.4 is 16.3 Å². The maximum Gasteiger partial charge on any atom is 0.410 e. The van der Waals surface area contributed by atoms with Crippen molar-refractivity contribution in [2.24, 2.45) is 11.6 Å². The molecule has 0 fully saturated rings. The second kappa shape index (κ2) is 10.8. The van der Waals surface area contributed by atoms with Crippen molar-refractivity contribution in [2.45, 2.75) is 13.5 Å². The predicted octanol–water partition coefficient (Wildman–Crippen LogP) is 3.30. The van der Waals surface area contributed by atoms with Gasteiger partial charge in [-0.2, -0.15) is 0 Å². The Morgan fingerprint density at radius 2 is 1.72 bits per heavy atom. The lowest BCUT2D eigenvalue weighted by Gasteiger charge is -2.22. The third-order valence-electron chi connectivity index (χ3n) is 4.15. The highest BCUT2D eigenvalue weighted by Gasteiger charge is 2.15. The van der Waals surface area contributed by atoms with Crippen LogP contribution in [-0.2, 0) is 11.3 Å². The van der Waals surface area contributed by atoms with E-state index in [4.69, 9.17) is 21.1 Å². The highest BCUT2D eigenvalue weighted by Crippen LogP contribution is 2.19. The van der Waals surface area contributed by atoms with Gasteiger partial charge < -0.3 is 25.1 Å². The van der Waals surface area contributed by atoms with Gasteiger partial charge in [-0.25, -0.2) is 10.6 Å². The van der Waals surface area contributed by atoms with Crippen molar-refractivity contribution in [1.82, 2.24) is 9.91 Å². The summed E-state index contributed by atoms with van der Waals surface area (Å²) in [5, 5.41) is 1.35. The highest BCUT2D eigenvalue weighted by atomic mass is 16.6. The van der Waals surface area contributed by atoms with E-state index in [2.05, 4.69) is 0 Å². The fourth-order valence-electron chi connectivity index (χ4n) is 2.56. The standard InChI is InChI=1S/C22H28N4O3/c1-4-14-28-19-12-10-18(11-13-19)21(23)20(26(3)24)16-29-22(27)25(2)15-17-8-6-5-7-9-17/h4-14H,15-16,23-24H2,1-3H3/b14-4+,21-20-. The lowest BCUT2D eigenvalue weighted by atomic mass is 10.1. The number of hydrogen-bond acceptors (Lipinski definition) is 6. The Morgan fingerprint density at radius 1 is 1.07 bits per heavy atom. The van der Waals surface area contributed by atoms with E-state index in [1.54, 1.807) is 38.6 Å². The molecule has 4 N–H and O–H groups in total. The molecule has 0 aliphatic rings. The van der Waals surface area contributed by atoms with Crippen molar-refractivity contribution in [3.8, 4) is 5.75 Å². The Kier molecular flexibility index (Phi) is 8.12. The minimum atomic E-state index is -0.462. The number of allylic oxidation sites excluding steroid dienone is 1. The van der Waals surface area contributed by atoms with Gasteiger partial charge in [0.25, 0.3) is 0 Å². The molecule has 29 heavy (non-hydrogen) atoms. The number of amides is 1. The lowest BCUT2D eigenvalue weighted by Crippen LogP contribution is -2.33. The number of likely N-dealkylation sites (N-methyl/N-ethyl adjacent to an activating group) is 1. The summed E-state index contributed by atoms with van der Waals surface area (Å²) in [7, 11) is 3.32. The van der Waals surface area contributed by atoms with Crippen LogP contribution in [0.3, 0.4) is 0 Å². The number of carbonyl (C=O) groups is 1. The van der Waals surface area contributed by atoms with E-state index < -0.39 is 6.09 Å². The average molecular weight is 396 g/mol. The van der Waals surface area contributed by atoms with Crippen molar-refractivity contribution < 1.29 is 14.3 Å². The summed E-state index contributed by atoms with van der Waals surface area (Å²) in [4.78, 5) is 13.8. The molecule has 0 aromatic heterocycles. The fraction of sp³-hybridized carbons (Fsp3) is 0.227. The number of nitrogens with two attached hydrogens (primary N) is 2. The van der Waals surface area contributed by atoms with Gasteiger partial charge in [0.05, 0.1) is 17.7 Å². The molecule has 0 spiro atoms. The molecule has 2 rings (SSSR count). The first kappa shape index (κ1) is 21.8. The zero-order valence-corrected chi connectivity index (χ0v) is 17.0. The van der Waals surface area contributed by atoms with Crippen molar-refractivity contribution in [3.63, 3.8) is 0 Å². The molecule has 0 bridgehead atoms. The number of hydrazine groups is 1. The van der Waals surface area contributed by atoms with Gasteiger partial charge in [-0.1, -0.05) is 36.4 Å². The van der Waals surface area contributed by atoms with E-state index in [1.807, 2.05) is 49.4 Å². The van der Waals surface area contributed by atoms with Crippen LogP contribution in [0.5, 0.6) is 5.75 Å². The third-order valence-corrected chi connectivity index (χ3v) is 4.15. The van der Waals surface area contributed by atoms with Crippen LogP contribution in [0.1, 0.15) is 18.1 Å². The molecule has 0 heterocycles. The van der Waals surface area contributed by atoms with Gasteiger partial charge in [-0.05, 0) is 42.3 Å². The van der Waals surface area contributed by atoms with Crippen LogP contribution in [0.25, 0.3) is 5.70 Å². The molecule has 0 saturated carbocycles. The minimum absolute atomic E-state index is 0.0480.